The summed E-state index contributed by atoms with van der Waals surface area (Å²) in [5.41, 5.74) is 3.14. The molecule has 0 saturated carbocycles. The van der Waals surface area contributed by atoms with Crippen molar-refractivity contribution in [1.29, 1.82) is 0 Å². The third-order valence-electron chi connectivity index (χ3n) is 8.25. The Balaban J connectivity index is 1.44. The molecule has 3 aromatic carbocycles. The van der Waals surface area contributed by atoms with Crippen molar-refractivity contribution in [3.8, 4) is 5.75 Å². The van der Waals surface area contributed by atoms with Gasteiger partial charge in [-0.15, -0.1) is 0 Å². The molecule has 2 unspecified atom stereocenters. The smallest absolute Gasteiger partial charge is 0.334 e. The van der Waals surface area contributed by atoms with Crippen LogP contribution in [-0.2, 0) is 16.1 Å². The Bertz CT molecular complexity index is 1360. The minimum absolute atomic E-state index is 0.0188. The lowest BCUT2D eigenvalue weighted by molar-refractivity contribution is -0.188. The van der Waals surface area contributed by atoms with Gasteiger partial charge in [0.05, 0.1) is 20.2 Å². The molecule has 2 atom stereocenters. The zero-order valence-electron chi connectivity index (χ0n) is 25.3. The predicted molar refractivity (Wildman–Crippen MR) is 165 cm³/mol. The molecule has 43 heavy (non-hydrogen) atoms. The van der Waals surface area contributed by atoms with Crippen molar-refractivity contribution in [3.05, 3.63) is 102 Å². The molecule has 9 nitrogen and oxygen atoms in total. The summed E-state index contributed by atoms with van der Waals surface area (Å²) in [6, 6.07) is 26.9. The van der Waals surface area contributed by atoms with Crippen molar-refractivity contribution in [2.24, 2.45) is 5.92 Å². The number of hydrogen-bond acceptors (Lipinski definition) is 5. The molecule has 2 aliphatic heterocycles. The molecule has 2 aliphatic rings. The van der Waals surface area contributed by atoms with Crippen LogP contribution in [0.1, 0.15) is 42.9 Å². The molecule has 2 saturated heterocycles. The van der Waals surface area contributed by atoms with Crippen LogP contribution < -0.4 is 10.1 Å². The molecule has 0 spiro atoms. The van der Waals surface area contributed by atoms with E-state index in [4.69, 9.17) is 4.74 Å². The summed E-state index contributed by atoms with van der Waals surface area (Å²) < 4.78 is 5.24. The maximum absolute atomic E-state index is 14.2. The molecule has 5 rings (SSSR count). The summed E-state index contributed by atoms with van der Waals surface area (Å²) in [7, 11) is 3.36. The molecule has 3 aromatic rings. The van der Waals surface area contributed by atoms with Crippen molar-refractivity contribution in [1.82, 2.24) is 25.1 Å². The molecule has 0 aromatic heterocycles. The van der Waals surface area contributed by atoms with Crippen LogP contribution in [0.5, 0.6) is 5.75 Å². The van der Waals surface area contributed by atoms with Crippen molar-refractivity contribution >= 4 is 17.8 Å². The van der Waals surface area contributed by atoms with E-state index < -0.39 is 12.2 Å². The highest BCUT2D eigenvalue weighted by atomic mass is 16.5. The first-order valence-corrected chi connectivity index (χ1v) is 14.9. The molecule has 226 valence electrons. The second-order valence-corrected chi connectivity index (χ2v) is 11.7. The Morgan fingerprint density at radius 2 is 1.53 bits per heavy atom. The van der Waals surface area contributed by atoms with Crippen LogP contribution >= 0.6 is 0 Å². The van der Waals surface area contributed by atoms with E-state index >= 15 is 0 Å². The molecule has 4 amide bonds. The highest BCUT2D eigenvalue weighted by Gasteiger charge is 2.51. The Morgan fingerprint density at radius 1 is 0.930 bits per heavy atom. The molecule has 9 heteroatoms. The monoisotopic (exact) mass is 583 g/mol. The summed E-state index contributed by atoms with van der Waals surface area (Å²) in [5, 5.41) is 6.30. The predicted octanol–water partition coefficient (Wildman–Crippen LogP) is 4.31. The van der Waals surface area contributed by atoms with E-state index in [0.29, 0.717) is 19.5 Å². The van der Waals surface area contributed by atoms with E-state index in [9.17, 15) is 14.4 Å². The first kappa shape index (κ1) is 30.1. The number of hydrazine groups is 1. The second kappa shape index (κ2) is 13.3. The summed E-state index contributed by atoms with van der Waals surface area (Å²) in [5.74, 6) is 0.643. The number of urea groups is 1. The van der Waals surface area contributed by atoms with Gasteiger partial charge >= 0.3 is 6.03 Å². The fourth-order valence-corrected chi connectivity index (χ4v) is 6.14. The highest BCUT2D eigenvalue weighted by molar-refractivity contribution is 5.91. The maximum Gasteiger partial charge on any atom is 0.334 e. The number of hydrogen-bond donors (Lipinski definition) is 1. The maximum atomic E-state index is 14.2. The van der Waals surface area contributed by atoms with Crippen LogP contribution in [0, 0.1) is 5.92 Å². The lowest BCUT2D eigenvalue weighted by Crippen LogP contribution is -2.76. The van der Waals surface area contributed by atoms with E-state index in [0.717, 1.165) is 22.4 Å². The Hall–Kier alpha value is -4.37. The topological polar surface area (TPSA) is 85.4 Å². The fraction of sp³-hybridized carbons (Fsp3) is 0.382. The van der Waals surface area contributed by atoms with Crippen LogP contribution in [0.25, 0.3) is 0 Å². The zero-order chi connectivity index (χ0) is 30.5. The van der Waals surface area contributed by atoms with Gasteiger partial charge in [-0.25, -0.2) is 14.8 Å². The van der Waals surface area contributed by atoms with Gasteiger partial charge in [-0.3, -0.25) is 9.59 Å². The Kier molecular flexibility index (Phi) is 9.31. The average Bonchev–Trinajstić information content (AvgIpc) is 3.01. The number of fused-ring (bicyclic) bond motifs is 1. The van der Waals surface area contributed by atoms with E-state index in [-0.39, 0.29) is 42.8 Å². The summed E-state index contributed by atoms with van der Waals surface area (Å²) >= 11 is 0. The minimum atomic E-state index is -0.649. The number of nitrogens with zero attached hydrogens (tertiary/aromatic N) is 4. The van der Waals surface area contributed by atoms with Crippen LogP contribution in [0.3, 0.4) is 0 Å². The standard InChI is InChI=1S/C34H41N5O4/c1-24(2)19-30-33(41)37(21-29(26-11-7-5-8-12-26)27-13-9-6-10-14-27)22-31-38(30)32(40)23-36(3)39(31)34(42)35-20-25-15-17-28(43-4)18-16-25/h5-18,24,29-31H,19-23H2,1-4H3,(H,35,42). The van der Waals surface area contributed by atoms with Crippen LogP contribution in [-0.4, -0.2) is 83.7 Å². The SMILES string of the molecule is COc1ccc(CNC(=O)N2C3CN(CC(c4ccccc4)c4ccccc4)C(=O)C(CC(C)C)N3C(=O)CN2C)cc1. The summed E-state index contributed by atoms with van der Waals surface area (Å²) in [6.07, 6.45) is -0.111. The number of nitrogens with one attached hydrogen (secondary N) is 1. The van der Waals surface area contributed by atoms with Crippen LogP contribution in [0.2, 0.25) is 0 Å². The third-order valence-corrected chi connectivity index (χ3v) is 8.25. The lowest BCUT2D eigenvalue weighted by atomic mass is 9.89. The highest BCUT2D eigenvalue weighted by Crippen LogP contribution is 2.32. The number of rotatable bonds is 9. The van der Waals surface area contributed by atoms with Crippen molar-refractivity contribution in [2.75, 3.05) is 33.8 Å². The molecule has 0 aliphatic carbocycles. The summed E-state index contributed by atoms with van der Waals surface area (Å²) in [4.78, 5) is 44.9. The number of methoxy groups -OCH3 is 1. The number of ether oxygens (including phenoxy) is 1. The van der Waals surface area contributed by atoms with Gasteiger partial charge in [0, 0.05) is 26.1 Å². The quantitative estimate of drug-likeness (QED) is 0.406. The third kappa shape index (κ3) is 6.67. The van der Waals surface area contributed by atoms with Crippen molar-refractivity contribution in [2.45, 2.75) is 44.9 Å². The van der Waals surface area contributed by atoms with Crippen molar-refractivity contribution in [3.63, 3.8) is 0 Å². The van der Waals surface area contributed by atoms with Gasteiger partial charge in [0.1, 0.15) is 18.0 Å². The molecular weight excluding hydrogens is 542 g/mol. The number of likely N-dealkylation sites (N-methyl/N-ethyl adjacent to an activating group) is 1. The van der Waals surface area contributed by atoms with Crippen molar-refractivity contribution < 1.29 is 19.1 Å². The minimum Gasteiger partial charge on any atom is -0.497 e. The summed E-state index contributed by atoms with van der Waals surface area (Å²) in [6.45, 7) is 5.09. The lowest BCUT2D eigenvalue weighted by Gasteiger charge is -2.55. The van der Waals surface area contributed by atoms with Gasteiger partial charge in [-0.2, -0.15) is 0 Å². The number of carbonyl (C=O) groups excluding carboxylic acids is 3. The Labute approximate surface area is 254 Å². The van der Waals surface area contributed by atoms with Crippen LogP contribution in [0.4, 0.5) is 4.79 Å². The van der Waals surface area contributed by atoms with Gasteiger partial charge in [-0.05, 0) is 41.2 Å². The largest absolute Gasteiger partial charge is 0.497 e. The van der Waals surface area contributed by atoms with Gasteiger partial charge < -0.3 is 19.9 Å². The first-order chi connectivity index (χ1) is 20.8. The second-order valence-electron chi connectivity index (χ2n) is 11.7. The first-order valence-electron chi connectivity index (χ1n) is 14.9. The molecule has 1 N–H and O–H groups in total. The molecular formula is C34H41N5O4. The Morgan fingerprint density at radius 3 is 2.09 bits per heavy atom. The molecule has 0 radical (unpaired) electrons. The van der Waals surface area contributed by atoms with Gasteiger partial charge in [0.25, 0.3) is 0 Å². The van der Waals surface area contributed by atoms with Gasteiger partial charge in [0.2, 0.25) is 11.8 Å². The van der Waals surface area contributed by atoms with Crippen LogP contribution in [0.15, 0.2) is 84.9 Å². The van der Waals surface area contributed by atoms with E-state index in [1.165, 1.54) is 0 Å². The average molecular weight is 584 g/mol. The van der Waals surface area contributed by atoms with E-state index in [1.807, 2.05) is 65.6 Å². The number of amides is 4. The zero-order valence-corrected chi connectivity index (χ0v) is 25.3. The molecule has 0 bridgehead atoms. The molecule has 2 fully saturated rings. The number of piperazine rings is 1. The van der Waals surface area contributed by atoms with E-state index in [2.05, 4.69) is 43.4 Å². The normalized spacial score (nSPS) is 19.2. The van der Waals surface area contributed by atoms with E-state index in [1.54, 1.807) is 29.1 Å². The fourth-order valence-electron chi connectivity index (χ4n) is 6.14. The molecule has 2 heterocycles. The van der Waals surface area contributed by atoms with Gasteiger partial charge in [-0.1, -0.05) is 86.6 Å². The number of carbonyl (C=O) groups is 3. The number of benzene rings is 3. The van der Waals surface area contributed by atoms with Gasteiger partial charge in [0.15, 0.2) is 0 Å².